The van der Waals surface area contributed by atoms with Crippen LogP contribution in [0.3, 0.4) is 0 Å². The molecule has 0 amide bonds. The number of piperazine rings is 1. The summed E-state index contributed by atoms with van der Waals surface area (Å²) in [5.41, 5.74) is 1.13. The highest BCUT2D eigenvalue weighted by atomic mass is 35.5. The number of hydrogen-bond donors (Lipinski definition) is 1. The number of hydrogen-bond acceptors (Lipinski definition) is 5. The van der Waals surface area contributed by atoms with Crippen molar-refractivity contribution in [3.63, 3.8) is 0 Å². The average Bonchev–Trinajstić information content (AvgIpc) is 2.53. The van der Waals surface area contributed by atoms with Crippen LogP contribution in [0.25, 0.3) is 0 Å². The van der Waals surface area contributed by atoms with Crippen molar-refractivity contribution in [3.05, 3.63) is 17.7 Å². The van der Waals surface area contributed by atoms with Crippen LogP contribution in [-0.2, 0) is 0 Å². The predicted molar refractivity (Wildman–Crippen MR) is 93.5 cm³/mol. The zero-order valence-electron chi connectivity index (χ0n) is 13.5. The summed E-state index contributed by atoms with van der Waals surface area (Å²) in [6, 6.07) is 4.29. The van der Waals surface area contributed by atoms with Gasteiger partial charge in [-0.15, -0.1) is 24.8 Å². The molecule has 1 fully saturated rings. The van der Waals surface area contributed by atoms with Crippen LogP contribution >= 0.6 is 24.8 Å². The maximum Gasteiger partial charge on any atom is 0.203 e. The van der Waals surface area contributed by atoms with E-state index in [1.807, 2.05) is 6.07 Å². The van der Waals surface area contributed by atoms with Crippen LogP contribution in [0.1, 0.15) is 18.5 Å². The number of ether oxygens (including phenoxy) is 3. The predicted octanol–water partition coefficient (Wildman–Crippen LogP) is 2.52. The van der Waals surface area contributed by atoms with Gasteiger partial charge in [0.2, 0.25) is 5.75 Å². The van der Waals surface area contributed by atoms with Crippen molar-refractivity contribution in [3.8, 4) is 17.2 Å². The molecule has 0 aliphatic carbocycles. The highest BCUT2D eigenvalue weighted by molar-refractivity contribution is 5.85. The summed E-state index contributed by atoms with van der Waals surface area (Å²) in [4.78, 5) is 2.44. The summed E-state index contributed by atoms with van der Waals surface area (Å²) < 4.78 is 16.4. The molecule has 128 valence electrons. The molecule has 22 heavy (non-hydrogen) atoms. The van der Waals surface area contributed by atoms with E-state index >= 15 is 0 Å². The quantitative estimate of drug-likeness (QED) is 0.881. The van der Waals surface area contributed by atoms with Crippen LogP contribution in [0, 0.1) is 0 Å². The van der Waals surface area contributed by atoms with Gasteiger partial charge in [0, 0.05) is 37.8 Å². The first-order chi connectivity index (χ1) is 9.72. The summed E-state index contributed by atoms with van der Waals surface area (Å²) in [5.74, 6) is 2.12. The Bertz CT molecular complexity index is 455. The lowest BCUT2D eigenvalue weighted by Crippen LogP contribution is -2.44. The van der Waals surface area contributed by atoms with Crippen molar-refractivity contribution >= 4 is 24.8 Å². The zero-order valence-corrected chi connectivity index (χ0v) is 15.2. The van der Waals surface area contributed by atoms with E-state index in [2.05, 4.69) is 23.2 Å². The number of nitrogens with one attached hydrogen (secondary N) is 1. The SMILES string of the molecule is COc1ccc([C@H](C)N2CCNCC2)c(OC)c1OC.Cl.Cl. The van der Waals surface area contributed by atoms with Crippen molar-refractivity contribution in [2.45, 2.75) is 13.0 Å². The fourth-order valence-corrected chi connectivity index (χ4v) is 2.72. The minimum absolute atomic E-state index is 0. The molecule has 0 unspecified atom stereocenters. The number of halogens is 2. The van der Waals surface area contributed by atoms with Gasteiger partial charge in [-0.1, -0.05) is 0 Å². The van der Waals surface area contributed by atoms with E-state index in [0.717, 1.165) is 37.5 Å². The largest absolute Gasteiger partial charge is 0.493 e. The van der Waals surface area contributed by atoms with Crippen LogP contribution in [0.15, 0.2) is 12.1 Å². The van der Waals surface area contributed by atoms with Gasteiger partial charge in [-0.2, -0.15) is 0 Å². The van der Waals surface area contributed by atoms with Gasteiger partial charge in [-0.05, 0) is 19.1 Å². The maximum atomic E-state index is 5.57. The first-order valence-electron chi connectivity index (χ1n) is 6.96. The fourth-order valence-electron chi connectivity index (χ4n) is 2.72. The molecule has 0 spiro atoms. The Hall–Kier alpha value is -0.880. The molecule has 0 bridgehead atoms. The fraction of sp³-hybridized carbons (Fsp3) is 0.600. The van der Waals surface area contributed by atoms with Gasteiger partial charge in [0.05, 0.1) is 21.3 Å². The summed E-state index contributed by atoms with van der Waals surface area (Å²) in [6.07, 6.45) is 0. The molecule has 0 radical (unpaired) electrons. The molecule has 1 saturated heterocycles. The van der Waals surface area contributed by atoms with E-state index in [9.17, 15) is 0 Å². The summed E-state index contributed by atoms with van der Waals surface area (Å²) in [5, 5.41) is 3.37. The average molecular weight is 353 g/mol. The van der Waals surface area contributed by atoms with E-state index in [0.29, 0.717) is 11.5 Å². The van der Waals surface area contributed by atoms with Crippen LogP contribution in [-0.4, -0.2) is 52.4 Å². The third-order valence-corrected chi connectivity index (χ3v) is 3.88. The summed E-state index contributed by atoms with van der Waals surface area (Å²) in [6.45, 7) is 6.34. The van der Waals surface area contributed by atoms with Crippen molar-refractivity contribution in [2.24, 2.45) is 0 Å². The van der Waals surface area contributed by atoms with Gasteiger partial charge in [-0.3, -0.25) is 4.90 Å². The standard InChI is InChI=1S/C15H24N2O3.2ClH/c1-11(17-9-7-16-8-10-17)12-5-6-13(18-2)15(20-4)14(12)19-3;;/h5-6,11,16H,7-10H2,1-4H3;2*1H/t11-;;/m0../s1. The first kappa shape index (κ1) is 21.1. The van der Waals surface area contributed by atoms with E-state index < -0.39 is 0 Å². The first-order valence-corrected chi connectivity index (χ1v) is 6.96. The molecular weight excluding hydrogens is 327 g/mol. The molecule has 0 aromatic heterocycles. The van der Waals surface area contributed by atoms with Gasteiger partial charge in [0.15, 0.2) is 11.5 Å². The van der Waals surface area contributed by atoms with Crippen LogP contribution < -0.4 is 19.5 Å². The van der Waals surface area contributed by atoms with Gasteiger partial charge >= 0.3 is 0 Å². The molecule has 1 aromatic rings. The molecule has 1 N–H and O–H groups in total. The Kier molecular flexibility index (Phi) is 9.60. The minimum atomic E-state index is 0. The van der Waals surface area contributed by atoms with Gasteiger partial charge in [0.25, 0.3) is 0 Å². The number of methoxy groups -OCH3 is 3. The lowest BCUT2D eigenvalue weighted by atomic mass is 10.0. The molecule has 1 aliphatic heterocycles. The highest BCUT2D eigenvalue weighted by Crippen LogP contribution is 2.43. The Labute approximate surface area is 145 Å². The maximum absolute atomic E-state index is 5.57. The minimum Gasteiger partial charge on any atom is -0.493 e. The second kappa shape index (κ2) is 10.0. The second-order valence-electron chi connectivity index (χ2n) is 4.89. The second-order valence-corrected chi connectivity index (χ2v) is 4.89. The van der Waals surface area contributed by atoms with Gasteiger partial charge in [-0.25, -0.2) is 0 Å². The van der Waals surface area contributed by atoms with Crippen LogP contribution in [0.5, 0.6) is 17.2 Å². The van der Waals surface area contributed by atoms with E-state index in [1.165, 1.54) is 0 Å². The lowest BCUT2D eigenvalue weighted by Gasteiger charge is -2.34. The van der Waals surface area contributed by atoms with Crippen molar-refractivity contribution in [1.29, 1.82) is 0 Å². The van der Waals surface area contributed by atoms with Gasteiger partial charge < -0.3 is 19.5 Å². The number of nitrogens with zero attached hydrogens (tertiary/aromatic N) is 1. The molecular formula is C15H26Cl2N2O3. The molecule has 1 aromatic carbocycles. The zero-order chi connectivity index (χ0) is 14.5. The number of benzene rings is 1. The van der Waals surface area contributed by atoms with Crippen molar-refractivity contribution in [1.82, 2.24) is 10.2 Å². The topological polar surface area (TPSA) is 43.0 Å². The molecule has 5 nitrogen and oxygen atoms in total. The lowest BCUT2D eigenvalue weighted by molar-refractivity contribution is 0.181. The third-order valence-electron chi connectivity index (χ3n) is 3.88. The van der Waals surface area contributed by atoms with Crippen LogP contribution in [0.2, 0.25) is 0 Å². The Morgan fingerprint density at radius 1 is 0.955 bits per heavy atom. The molecule has 7 heteroatoms. The Morgan fingerprint density at radius 2 is 1.55 bits per heavy atom. The van der Waals surface area contributed by atoms with Gasteiger partial charge in [0.1, 0.15) is 0 Å². The molecule has 0 saturated carbocycles. The van der Waals surface area contributed by atoms with Crippen molar-refractivity contribution in [2.75, 3.05) is 47.5 Å². The third kappa shape index (κ3) is 4.32. The Balaban J connectivity index is 0.00000220. The molecule has 1 heterocycles. The van der Waals surface area contributed by atoms with E-state index in [4.69, 9.17) is 14.2 Å². The monoisotopic (exact) mass is 352 g/mol. The summed E-state index contributed by atoms with van der Waals surface area (Å²) in [7, 11) is 4.95. The number of rotatable bonds is 5. The van der Waals surface area contributed by atoms with E-state index in [1.54, 1.807) is 21.3 Å². The molecule has 1 aliphatic rings. The highest BCUT2D eigenvalue weighted by Gasteiger charge is 2.24. The summed E-state index contributed by atoms with van der Waals surface area (Å²) >= 11 is 0. The van der Waals surface area contributed by atoms with Crippen LogP contribution in [0.4, 0.5) is 0 Å². The normalized spacial score (nSPS) is 16.0. The smallest absolute Gasteiger partial charge is 0.203 e. The molecule has 2 rings (SSSR count). The van der Waals surface area contributed by atoms with Crippen molar-refractivity contribution < 1.29 is 14.2 Å². The molecule has 1 atom stereocenters. The Morgan fingerprint density at radius 3 is 2.05 bits per heavy atom. The van der Waals surface area contributed by atoms with E-state index in [-0.39, 0.29) is 30.9 Å².